The van der Waals surface area contributed by atoms with Gasteiger partial charge in [-0.3, -0.25) is 4.79 Å². The maximum Gasteiger partial charge on any atom is 0.260 e. The molecule has 6 heteroatoms. The van der Waals surface area contributed by atoms with Crippen molar-refractivity contribution in [3.05, 3.63) is 43.0 Å². The monoisotopic (exact) mass is 315 g/mol. The Morgan fingerprint density at radius 2 is 2.39 bits per heavy atom. The molecule has 0 aliphatic carbocycles. The maximum atomic E-state index is 12.3. The molecular weight excluding hydrogens is 294 g/mol. The third-order valence-electron chi connectivity index (χ3n) is 3.93. The van der Waals surface area contributed by atoms with Crippen molar-refractivity contribution in [2.45, 2.75) is 19.4 Å². The molecule has 0 bridgehead atoms. The quantitative estimate of drug-likeness (QED) is 0.845. The number of rotatable bonds is 5. The van der Waals surface area contributed by atoms with Crippen molar-refractivity contribution in [3.8, 4) is 11.4 Å². The minimum Gasteiger partial charge on any atom is -0.484 e. The molecule has 1 amide bonds. The summed E-state index contributed by atoms with van der Waals surface area (Å²) >= 11 is 0. The molecule has 2 heterocycles. The Balaban J connectivity index is 1.58. The van der Waals surface area contributed by atoms with Gasteiger partial charge in [0.15, 0.2) is 6.61 Å². The van der Waals surface area contributed by atoms with Gasteiger partial charge in [0.05, 0.1) is 24.7 Å². The normalized spacial score (nSPS) is 18.0. The Kier molecular flexibility index (Phi) is 4.92. The summed E-state index contributed by atoms with van der Waals surface area (Å²) in [5, 5.41) is 0. The first-order valence-electron chi connectivity index (χ1n) is 7.87. The highest BCUT2D eigenvalue weighted by Gasteiger charge is 2.23. The summed E-state index contributed by atoms with van der Waals surface area (Å²) in [6.07, 6.45) is 6.36. The first kappa shape index (κ1) is 15.6. The predicted octanol–water partition coefficient (Wildman–Crippen LogP) is 1.89. The summed E-state index contributed by atoms with van der Waals surface area (Å²) in [5.41, 5.74) is 0.949. The van der Waals surface area contributed by atoms with Crippen LogP contribution in [0.4, 0.5) is 0 Å². The third-order valence-corrected chi connectivity index (χ3v) is 3.93. The van der Waals surface area contributed by atoms with Crippen molar-refractivity contribution in [2.75, 3.05) is 26.3 Å². The van der Waals surface area contributed by atoms with E-state index in [4.69, 9.17) is 9.47 Å². The third kappa shape index (κ3) is 3.90. The molecule has 1 saturated heterocycles. The predicted molar refractivity (Wildman–Crippen MR) is 85.7 cm³/mol. The molecule has 2 aromatic rings. The van der Waals surface area contributed by atoms with Gasteiger partial charge in [0.25, 0.3) is 5.91 Å². The summed E-state index contributed by atoms with van der Waals surface area (Å²) in [7, 11) is 0. The fourth-order valence-corrected chi connectivity index (χ4v) is 2.57. The van der Waals surface area contributed by atoms with Crippen molar-refractivity contribution < 1.29 is 14.3 Å². The minimum atomic E-state index is -0.000200. The van der Waals surface area contributed by atoms with E-state index in [1.807, 2.05) is 39.9 Å². The zero-order chi connectivity index (χ0) is 16.1. The molecule has 1 aliphatic heterocycles. The van der Waals surface area contributed by atoms with Gasteiger partial charge in [-0.25, -0.2) is 4.98 Å². The van der Waals surface area contributed by atoms with Crippen LogP contribution >= 0.6 is 0 Å². The van der Waals surface area contributed by atoms with Gasteiger partial charge in [0, 0.05) is 31.5 Å². The molecule has 0 N–H and O–H groups in total. The molecule has 1 aromatic heterocycles. The van der Waals surface area contributed by atoms with Crippen LogP contribution in [0.2, 0.25) is 0 Å². The van der Waals surface area contributed by atoms with Crippen LogP contribution < -0.4 is 4.74 Å². The zero-order valence-corrected chi connectivity index (χ0v) is 13.2. The highest BCUT2D eigenvalue weighted by Crippen LogP contribution is 2.17. The Morgan fingerprint density at radius 1 is 1.48 bits per heavy atom. The summed E-state index contributed by atoms with van der Waals surface area (Å²) in [4.78, 5) is 18.1. The molecule has 3 rings (SSSR count). The fourth-order valence-electron chi connectivity index (χ4n) is 2.57. The Labute approximate surface area is 135 Å². The zero-order valence-electron chi connectivity index (χ0n) is 13.2. The SMILES string of the molecule is CCC1CN(C(=O)COc2cccc(-n3ccnc3)c2)CCO1. The number of carbonyl (C=O) groups is 1. The standard InChI is InChI=1S/C17H21N3O3/c1-2-15-11-19(8-9-22-15)17(21)12-23-16-5-3-4-14(10-16)20-7-6-18-13-20/h3-7,10,13,15H,2,8-9,11-12H2,1H3. The molecule has 1 atom stereocenters. The van der Waals surface area contributed by atoms with Crippen molar-refractivity contribution >= 4 is 5.91 Å². The van der Waals surface area contributed by atoms with Crippen LogP contribution in [0.25, 0.3) is 5.69 Å². The van der Waals surface area contributed by atoms with E-state index in [0.29, 0.717) is 25.4 Å². The highest BCUT2D eigenvalue weighted by molar-refractivity contribution is 5.77. The number of hydrogen-bond donors (Lipinski definition) is 0. The van der Waals surface area contributed by atoms with Gasteiger partial charge in [-0.1, -0.05) is 13.0 Å². The number of carbonyl (C=O) groups excluding carboxylic acids is 1. The van der Waals surface area contributed by atoms with Gasteiger partial charge in [-0.2, -0.15) is 0 Å². The van der Waals surface area contributed by atoms with Crippen molar-refractivity contribution in [2.24, 2.45) is 0 Å². The molecule has 1 aromatic carbocycles. The highest BCUT2D eigenvalue weighted by atomic mass is 16.5. The van der Waals surface area contributed by atoms with Crippen LogP contribution in [0.5, 0.6) is 5.75 Å². The fraction of sp³-hybridized carbons (Fsp3) is 0.412. The molecular formula is C17H21N3O3. The first-order valence-corrected chi connectivity index (χ1v) is 7.87. The molecule has 0 radical (unpaired) electrons. The van der Waals surface area contributed by atoms with Gasteiger partial charge < -0.3 is 18.9 Å². The smallest absolute Gasteiger partial charge is 0.260 e. The van der Waals surface area contributed by atoms with E-state index in [1.54, 1.807) is 12.5 Å². The van der Waals surface area contributed by atoms with E-state index < -0.39 is 0 Å². The molecule has 0 spiro atoms. The van der Waals surface area contributed by atoms with Crippen LogP contribution in [-0.4, -0.2) is 52.8 Å². The van der Waals surface area contributed by atoms with E-state index >= 15 is 0 Å². The minimum absolute atomic E-state index is 0.000200. The lowest BCUT2D eigenvalue weighted by Crippen LogP contribution is -2.47. The summed E-state index contributed by atoms with van der Waals surface area (Å²) in [6, 6.07) is 7.60. The second-order valence-electron chi connectivity index (χ2n) is 5.50. The van der Waals surface area contributed by atoms with E-state index in [-0.39, 0.29) is 18.6 Å². The van der Waals surface area contributed by atoms with Crippen molar-refractivity contribution in [3.63, 3.8) is 0 Å². The summed E-state index contributed by atoms with van der Waals surface area (Å²) < 4.78 is 13.1. The number of ether oxygens (including phenoxy) is 2. The van der Waals surface area contributed by atoms with Gasteiger partial charge in [-0.05, 0) is 18.6 Å². The van der Waals surface area contributed by atoms with Gasteiger partial charge in [-0.15, -0.1) is 0 Å². The average molecular weight is 315 g/mol. The molecule has 1 unspecified atom stereocenters. The number of morpholine rings is 1. The Hall–Kier alpha value is -2.34. The van der Waals surface area contributed by atoms with Crippen LogP contribution in [-0.2, 0) is 9.53 Å². The lowest BCUT2D eigenvalue weighted by molar-refractivity contribution is -0.141. The topological polar surface area (TPSA) is 56.6 Å². The number of nitrogens with zero attached hydrogens (tertiary/aromatic N) is 3. The average Bonchev–Trinajstić information content (AvgIpc) is 3.14. The maximum absolute atomic E-state index is 12.3. The van der Waals surface area contributed by atoms with Crippen LogP contribution in [0.1, 0.15) is 13.3 Å². The molecule has 1 aliphatic rings. The number of benzene rings is 1. The van der Waals surface area contributed by atoms with E-state index in [2.05, 4.69) is 11.9 Å². The summed E-state index contributed by atoms with van der Waals surface area (Å²) in [6.45, 7) is 3.99. The molecule has 23 heavy (non-hydrogen) atoms. The lowest BCUT2D eigenvalue weighted by atomic mass is 10.2. The van der Waals surface area contributed by atoms with Crippen LogP contribution in [0.3, 0.4) is 0 Å². The van der Waals surface area contributed by atoms with Gasteiger partial charge >= 0.3 is 0 Å². The number of aromatic nitrogens is 2. The van der Waals surface area contributed by atoms with Gasteiger partial charge in [0.2, 0.25) is 0 Å². The summed E-state index contributed by atoms with van der Waals surface area (Å²) in [5.74, 6) is 0.671. The van der Waals surface area contributed by atoms with Crippen LogP contribution in [0, 0.1) is 0 Å². The van der Waals surface area contributed by atoms with Crippen molar-refractivity contribution in [1.82, 2.24) is 14.5 Å². The second kappa shape index (κ2) is 7.28. The van der Waals surface area contributed by atoms with E-state index in [1.165, 1.54) is 0 Å². The van der Waals surface area contributed by atoms with E-state index in [0.717, 1.165) is 12.1 Å². The first-order chi connectivity index (χ1) is 11.3. The number of amides is 1. The Bertz CT molecular complexity index is 642. The van der Waals surface area contributed by atoms with Crippen molar-refractivity contribution in [1.29, 1.82) is 0 Å². The number of hydrogen-bond acceptors (Lipinski definition) is 4. The van der Waals surface area contributed by atoms with Crippen LogP contribution in [0.15, 0.2) is 43.0 Å². The lowest BCUT2D eigenvalue weighted by Gasteiger charge is -2.32. The largest absolute Gasteiger partial charge is 0.484 e. The van der Waals surface area contributed by atoms with Gasteiger partial charge in [0.1, 0.15) is 5.75 Å². The second-order valence-corrected chi connectivity index (χ2v) is 5.50. The van der Waals surface area contributed by atoms with E-state index in [9.17, 15) is 4.79 Å². The molecule has 1 fully saturated rings. The number of imidazole rings is 1. The molecule has 6 nitrogen and oxygen atoms in total. The Morgan fingerprint density at radius 3 is 3.17 bits per heavy atom. The molecule has 122 valence electrons. The molecule has 0 saturated carbocycles.